The topological polar surface area (TPSA) is 115 Å². The zero-order chi connectivity index (χ0) is 36.1. The zero-order valence-corrected chi connectivity index (χ0v) is 29.7. The van der Waals surface area contributed by atoms with Crippen LogP contribution in [0.5, 0.6) is 11.5 Å². The van der Waals surface area contributed by atoms with Crippen molar-refractivity contribution < 1.29 is 47.5 Å². The molecular formula is C42H46O10. The van der Waals surface area contributed by atoms with Crippen molar-refractivity contribution in [1.82, 2.24) is 0 Å². The number of carbonyl (C=O) groups excluding carboxylic acids is 2. The maximum atomic E-state index is 12.3. The summed E-state index contributed by atoms with van der Waals surface area (Å²) < 4.78 is 44.0. The van der Waals surface area contributed by atoms with E-state index in [0.29, 0.717) is 37.9 Å². The number of epoxide rings is 2. The molecule has 4 aromatic carbocycles. The van der Waals surface area contributed by atoms with E-state index in [9.17, 15) is 9.59 Å². The van der Waals surface area contributed by atoms with Crippen molar-refractivity contribution in [1.29, 1.82) is 0 Å². The molecule has 4 aromatic rings. The molecule has 10 heteroatoms. The molecule has 0 aromatic heterocycles. The third-order valence-corrected chi connectivity index (χ3v) is 8.74. The Morgan fingerprint density at radius 3 is 1.19 bits per heavy atom. The maximum absolute atomic E-state index is 12.3. The highest BCUT2D eigenvalue weighted by atomic mass is 16.6. The second kappa shape index (κ2) is 18.9. The zero-order valence-electron chi connectivity index (χ0n) is 29.7. The van der Waals surface area contributed by atoms with Crippen molar-refractivity contribution in [2.24, 2.45) is 0 Å². The Labute approximate surface area is 304 Å². The van der Waals surface area contributed by atoms with Gasteiger partial charge in [-0.1, -0.05) is 72.8 Å². The highest BCUT2D eigenvalue weighted by Gasteiger charge is 2.24. The molecule has 2 fully saturated rings. The van der Waals surface area contributed by atoms with Crippen molar-refractivity contribution >= 4 is 11.9 Å². The van der Waals surface area contributed by atoms with Crippen LogP contribution >= 0.6 is 0 Å². The van der Waals surface area contributed by atoms with E-state index < -0.39 is 0 Å². The summed E-state index contributed by atoms with van der Waals surface area (Å²) >= 11 is 0. The molecule has 0 amide bonds. The highest BCUT2D eigenvalue weighted by Crippen LogP contribution is 2.28. The van der Waals surface area contributed by atoms with Gasteiger partial charge in [0.25, 0.3) is 0 Å². The molecule has 2 aliphatic heterocycles. The van der Waals surface area contributed by atoms with Crippen molar-refractivity contribution in [3.8, 4) is 33.8 Å². The Bertz CT molecular complexity index is 1570. The smallest absolute Gasteiger partial charge is 0.313 e. The first-order valence-corrected chi connectivity index (χ1v) is 17.8. The van der Waals surface area contributed by atoms with Crippen LogP contribution in [0.3, 0.4) is 0 Å². The number of benzene rings is 4. The fourth-order valence-electron chi connectivity index (χ4n) is 5.35. The summed E-state index contributed by atoms with van der Waals surface area (Å²) in [6.07, 6.45) is 0.712. The van der Waals surface area contributed by atoms with Crippen LogP contribution < -0.4 is 9.47 Å². The number of hydrogen-bond donors (Lipinski definition) is 0. The van der Waals surface area contributed by atoms with Crippen molar-refractivity contribution in [3.05, 3.63) is 108 Å². The first-order valence-electron chi connectivity index (χ1n) is 17.8. The van der Waals surface area contributed by atoms with Crippen molar-refractivity contribution in [3.63, 3.8) is 0 Å². The van der Waals surface area contributed by atoms with E-state index in [4.69, 9.17) is 37.9 Å². The van der Waals surface area contributed by atoms with Crippen LogP contribution in [-0.4, -0.2) is 77.0 Å². The van der Waals surface area contributed by atoms with Gasteiger partial charge in [0.05, 0.1) is 77.9 Å². The molecular weight excluding hydrogens is 664 g/mol. The largest absolute Gasteiger partial charge is 0.426 e. The molecule has 0 N–H and O–H groups in total. The van der Waals surface area contributed by atoms with Gasteiger partial charge in [0.1, 0.15) is 23.7 Å². The van der Waals surface area contributed by atoms with Gasteiger partial charge >= 0.3 is 11.9 Å². The molecule has 52 heavy (non-hydrogen) atoms. The van der Waals surface area contributed by atoms with Gasteiger partial charge in [-0.05, 0) is 71.5 Å². The van der Waals surface area contributed by atoms with Gasteiger partial charge in [0, 0.05) is 0 Å². The average Bonchev–Trinajstić information content (AvgIpc) is 4.11. The Kier molecular flexibility index (Phi) is 13.6. The van der Waals surface area contributed by atoms with E-state index in [2.05, 4.69) is 48.5 Å². The van der Waals surface area contributed by atoms with Crippen LogP contribution in [0, 0.1) is 0 Å². The fraction of sp³-hybridized carbons (Fsp3) is 0.381. The number of esters is 2. The van der Waals surface area contributed by atoms with Crippen LogP contribution in [0.25, 0.3) is 22.3 Å². The molecule has 0 bridgehead atoms. The minimum absolute atomic E-state index is 0.00254. The minimum Gasteiger partial charge on any atom is -0.426 e. The van der Waals surface area contributed by atoms with E-state index in [1.54, 1.807) is 24.3 Å². The van der Waals surface area contributed by atoms with Crippen LogP contribution in [-0.2, 0) is 38.0 Å². The third kappa shape index (κ3) is 12.1. The van der Waals surface area contributed by atoms with Crippen LogP contribution in [0.4, 0.5) is 0 Å². The fourth-order valence-corrected chi connectivity index (χ4v) is 5.35. The highest BCUT2D eigenvalue weighted by molar-refractivity contribution is 5.74. The van der Waals surface area contributed by atoms with E-state index >= 15 is 0 Å². The standard InChI is InChI=1S/C42H46O10/c1-29(47-25-39-27-49-39)31-3-7-33(8-4-31)35-11-15-37(16-12-35)51-41(43)19-21-45-23-24-46-22-20-42(44)52-38-17-13-36(14-18-38)34-9-5-32(6-10-34)30(2)48-26-40-28-50-40/h3-18,29-30,39-40H,19-28H2,1-2H3. The first-order chi connectivity index (χ1) is 25.4. The van der Waals surface area contributed by atoms with Gasteiger partial charge in [-0.25, -0.2) is 0 Å². The van der Waals surface area contributed by atoms with Gasteiger partial charge in [0.15, 0.2) is 0 Å². The molecule has 2 aliphatic rings. The Morgan fingerprint density at radius 1 is 0.538 bits per heavy atom. The van der Waals surface area contributed by atoms with E-state index in [1.165, 1.54) is 0 Å². The van der Waals surface area contributed by atoms with Crippen LogP contribution in [0.1, 0.15) is 50.0 Å². The molecule has 0 spiro atoms. The predicted octanol–water partition coefficient (Wildman–Crippen LogP) is 7.30. The Morgan fingerprint density at radius 2 is 0.865 bits per heavy atom. The first kappa shape index (κ1) is 37.3. The lowest BCUT2D eigenvalue weighted by Crippen LogP contribution is -2.15. The lowest BCUT2D eigenvalue weighted by atomic mass is 10.0. The number of hydrogen-bond acceptors (Lipinski definition) is 10. The van der Waals surface area contributed by atoms with Crippen molar-refractivity contribution in [2.75, 3.05) is 52.9 Å². The second-order valence-corrected chi connectivity index (χ2v) is 12.8. The maximum Gasteiger partial charge on any atom is 0.313 e. The molecule has 274 valence electrons. The van der Waals surface area contributed by atoms with E-state index in [0.717, 1.165) is 46.6 Å². The van der Waals surface area contributed by atoms with Gasteiger partial charge in [-0.3, -0.25) is 9.59 Å². The monoisotopic (exact) mass is 710 g/mol. The summed E-state index contributed by atoms with van der Waals surface area (Å²) in [5.41, 5.74) is 6.38. The van der Waals surface area contributed by atoms with Gasteiger partial charge < -0.3 is 37.9 Å². The summed E-state index contributed by atoms with van der Waals surface area (Å²) in [4.78, 5) is 24.6. The molecule has 10 nitrogen and oxygen atoms in total. The van der Waals surface area contributed by atoms with Gasteiger partial charge in [0.2, 0.25) is 0 Å². The number of rotatable bonds is 21. The average molecular weight is 711 g/mol. The lowest BCUT2D eigenvalue weighted by Gasteiger charge is -2.13. The summed E-state index contributed by atoms with van der Waals surface area (Å²) in [6, 6.07) is 31.3. The molecule has 0 radical (unpaired) electrons. The summed E-state index contributed by atoms with van der Waals surface area (Å²) in [6.45, 7) is 7.87. The molecule has 0 saturated carbocycles. The van der Waals surface area contributed by atoms with E-state index in [1.807, 2.05) is 38.1 Å². The Hall–Kier alpha value is -4.42. The minimum atomic E-state index is -0.382. The molecule has 2 heterocycles. The predicted molar refractivity (Wildman–Crippen MR) is 194 cm³/mol. The molecule has 4 atom stereocenters. The SMILES string of the molecule is CC(OCC1CO1)c1ccc(-c2ccc(OC(=O)CCOCCOCCC(=O)Oc3ccc(-c4ccc(C(C)OCC5CO5)cc4)cc3)cc2)cc1. The van der Waals surface area contributed by atoms with Crippen LogP contribution in [0.2, 0.25) is 0 Å². The molecule has 2 saturated heterocycles. The number of ether oxygens (including phenoxy) is 8. The Balaban J connectivity index is 0.796. The number of carbonyl (C=O) groups is 2. The molecule has 6 rings (SSSR count). The third-order valence-electron chi connectivity index (χ3n) is 8.74. The normalized spacial score (nSPS) is 17.3. The van der Waals surface area contributed by atoms with E-state index in [-0.39, 0.29) is 62.4 Å². The molecule has 4 unspecified atom stereocenters. The summed E-state index contributed by atoms with van der Waals surface area (Å²) in [5, 5.41) is 0. The van der Waals surface area contributed by atoms with Gasteiger partial charge in [-0.15, -0.1) is 0 Å². The quantitative estimate of drug-likeness (QED) is 0.0378. The second-order valence-electron chi connectivity index (χ2n) is 12.8. The molecule has 0 aliphatic carbocycles. The summed E-state index contributed by atoms with van der Waals surface area (Å²) in [7, 11) is 0. The van der Waals surface area contributed by atoms with Crippen LogP contribution in [0.15, 0.2) is 97.1 Å². The van der Waals surface area contributed by atoms with Crippen molar-refractivity contribution in [2.45, 2.75) is 51.1 Å². The summed E-state index contributed by atoms with van der Waals surface area (Å²) in [5.74, 6) is 0.185. The lowest BCUT2D eigenvalue weighted by molar-refractivity contribution is -0.137. The van der Waals surface area contributed by atoms with Gasteiger partial charge in [-0.2, -0.15) is 0 Å².